The second-order valence-corrected chi connectivity index (χ2v) is 10.4. The van der Waals surface area contributed by atoms with E-state index >= 15 is 0 Å². The Balaban J connectivity index is 1.34. The van der Waals surface area contributed by atoms with Crippen molar-refractivity contribution < 1.29 is 18.7 Å². The largest absolute Gasteiger partial charge is 0.483 e. The van der Waals surface area contributed by atoms with Crippen molar-refractivity contribution in [2.45, 2.75) is 13.5 Å². The lowest BCUT2D eigenvalue weighted by molar-refractivity contribution is -0.122. The van der Waals surface area contributed by atoms with E-state index in [9.17, 15) is 9.59 Å². The standard InChI is InChI=1S/C31H25ClN4O4S/c1-21-7-2-3-9-23(21)18-33-35-31-36(19-26-10-6-16-39-26)30(38)28(41-31)17-22-8-4-5-11-27(22)40-20-29(37)34-25-14-12-24(32)13-15-25/h2-18H,19-20H2,1H3,(H,34,37)/b28-17-,33-18-,35-31+. The highest BCUT2D eigenvalue weighted by Gasteiger charge is 2.34. The predicted octanol–water partition coefficient (Wildman–Crippen LogP) is 6.77. The number of amides is 2. The van der Waals surface area contributed by atoms with Crippen molar-refractivity contribution in [3.63, 3.8) is 0 Å². The molecule has 0 bridgehead atoms. The fourth-order valence-electron chi connectivity index (χ4n) is 3.90. The molecule has 206 valence electrons. The third-order valence-electron chi connectivity index (χ3n) is 6.00. The molecule has 8 nitrogen and oxygen atoms in total. The van der Waals surface area contributed by atoms with Gasteiger partial charge in [0.05, 0.1) is 23.9 Å². The van der Waals surface area contributed by atoms with Crippen molar-refractivity contribution in [1.29, 1.82) is 0 Å². The number of hydrogen-bond acceptors (Lipinski definition) is 7. The summed E-state index contributed by atoms with van der Waals surface area (Å²) in [6, 6.07) is 25.4. The number of nitrogens with one attached hydrogen (secondary N) is 1. The maximum Gasteiger partial charge on any atom is 0.267 e. The van der Waals surface area contributed by atoms with Crippen LogP contribution in [-0.2, 0) is 16.1 Å². The highest BCUT2D eigenvalue weighted by Crippen LogP contribution is 2.35. The Morgan fingerprint density at radius 1 is 1.02 bits per heavy atom. The Bertz CT molecular complexity index is 1630. The van der Waals surface area contributed by atoms with Crippen molar-refractivity contribution in [3.8, 4) is 5.75 Å². The zero-order valence-electron chi connectivity index (χ0n) is 22.0. The summed E-state index contributed by atoms with van der Waals surface area (Å²) in [5, 5.41) is 12.4. The molecular formula is C31H25ClN4O4S. The van der Waals surface area contributed by atoms with Crippen molar-refractivity contribution in [2.24, 2.45) is 10.2 Å². The second-order valence-electron chi connectivity index (χ2n) is 8.95. The van der Waals surface area contributed by atoms with E-state index < -0.39 is 0 Å². The van der Waals surface area contributed by atoms with Crippen LogP contribution in [0.4, 0.5) is 5.69 Å². The number of carbonyl (C=O) groups is 2. The summed E-state index contributed by atoms with van der Waals surface area (Å²) in [6.07, 6.45) is 4.95. The van der Waals surface area contributed by atoms with Crippen LogP contribution in [0.2, 0.25) is 5.02 Å². The first kappa shape index (κ1) is 27.9. The first-order valence-electron chi connectivity index (χ1n) is 12.6. The summed E-state index contributed by atoms with van der Waals surface area (Å²) in [5.41, 5.74) is 3.26. The van der Waals surface area contributed by atoms with Crippen molar-refractivity contribution in [1.82, 2.24) is 4.90 Å². The molecule has 2 amide bonds. The minimum absolute atomic E-state index is 0.206. The highest BCUT2D eigenvalue weighted by atomic mass is 35.5. The normalized spacial score (nSPS) is 15.3. The van der Waals surface area contributed by atoms with Crippen LogP contribution >= 0.6 is 23.4 Å². The van der Waals surface area contributed by atoms with Gasteiger partial charge in [0.15, 0.2) is 11.8 Å². The van der Waals surface area contributed by atoms with Gasteiger partial charge in [-0.3, -0.25) is 14.5 Å². The smallest absolute Gasteiger partial charge is 0.267 e. The van der Waals surface area contributed by atoms with E-state index in [1.165, 1.54) is 16.7 Å². The SMILES string of the molecule is Cc1ccccc1/C=N\N=C1\S/C(=C\c2ccccc2OCC(=O)Nc2ccc(Cl)cc2)C(=O)N1Cc1ccco1. The molecule has 5 rings (SSSR count). The van der Waals surface area contributed by atoms with Gasteiger partial charge in [-0.05, 0) is 78.4 Å². The van der Waals surface area contributed by atoms with E-state index in [-0.39, 0.29) is 25.0 Å². The molecule has 0 aliphatic carbocycles. The zero-order valence-corrected chi connectivity index (χ0v) is 23.6. The number of aryl methyl sites for hydroxylation is 1. The monoisotopic (exact) mass is 584 g/mol. The molecule has 2 heterocycles. The average molecular weight is 585 g/mol. The summed E-state index contributed by atoms with van der Waals surface area (Å²) >= 11 is 7.11. The van der Waals surface area contributed by atoms with Crippen molar-refractivity contribution in [2.75, 3.05) is 11.9 Å². The number of nitrogens with zero attached hydrogens (tertiary/aromatic N) is 3. The van der Waals surface area contributed by atoms with Gasteiger partial charge >= 0.3 is 0 Å². The molecule has 0 radical (unpaired) electrons. The lowest BCUT2D eigenvalue weighted by Crippen LogP contribution is -2.28. The number of benzene rings is 3. The lowest BCUT2D eigenvalue weighted by atomic mass is 10.1. The topological polar surface area (TPSA) is 96.5 Å². The number of hydrogen-bond donors (Lipinski definition) is 1. The highest BCUT2D eigenvalue weighted by molar-refractivity contribution is 8.18. The number of rotatable bonds is 9. The molecule has 0 unspecified atom stereocenters. The number of furan rings is 1. The van der Waals surface area contributed by atoms with E-state index in [0.717, 1.165) is 11.1 Å². The Labute approximate surface area is 246 Å². The van der Waals surface area contributed by atoms with Gasteiger partial charge in [-0.1, -0.05) is 54.1 Å². The molecule has 1 aromatic heterocycles. The van der Waals surface area contributed by atoms with E-state index in [2.05, 4.69) is 15.5 Å². The minimum Gasteiger partial charge on any atom is -0.483 e. The third kappa shape index (κ3) is 7.33. The summed E-state index contributed by atoms with van der Waals surface area (Å²) in [6.45, 7) is 1.99. The van der Waals surface area contributed by atoms with Gasteiger partial charge in [-0.2, -0.15) is 5.10 Å². The fourth-order valence-corrected chi connectivity index (χ4v) is 4.95. The van der Waals surface area contributed by atoms with Crippen LogP contribution in [0.15, 0.2) is 111 Å². The Morgan fingerprint density at radius 3 is 2.54 bits per heavy atom. The van der Waals surface area contributed by atoms with Gasteiger partial charge in [-0.15, -0.1) is 5.10 Å². The number of halogens is 1. The Kier molecular flexibility index (Phi) is 8.98. The molecule has 0 spiro atoms. The number of thioether (sulfide) groups is 1. The van der Waals surface area contributed by atoms with Gasteiger partial charge in [0.25, 0.3) is 11.8 Å². The maximum atomic E-state index is 13.5. The van der Waals surface area contributed by atoms with Crippen LogP contribution < -0.4 is 10.1 Å². The predicted molar refractivity (Wildman–Crippen MR) is 163 cm³/mol. The van der Waals surface area contributed by atoms with Crippen molar-refractivity contribution >= 4 is 58.3 Å². The third-order valence-corrected chi connectivity index (χ3v) is 7.25. The number of ether oxygens (including phenoxy) is 1. The molecule has 10 heteroatoms. The van der Waals surface area contributed by atoms with Gasteiger partial charge in [0.2, 0.25) is 0 Å². The number of carbonyl (C=O) groups excluding carboxylic acids is 2. The van der Waals surface area contributed by atoms with Gasteiger partial charge < -0.3 is 14.5 Å². The maximum absolute atomic E-state index is 13.5. The molecule has 4 aromatic rings. The van der Waals surface area contributed by atoms with E-state index in [4.69, 9.17) is 20.8 Å². The minimum atomic E-state index is -0.327. The molecular weight excluding hydrogens is 560 g/mol. The quantitative estimate of drug-likeness (QED) is 0.133. The van der Waals surface area contributed by atoms with Crippen LogP contribution in [0.1, 0.15) is 22.5 Å². The van der Waals surface area contributed by atoms with Gasteiger partial charge in [-0.25, -0.2) is 0 Å². The number of para-hydroxylation sites is 1. The summed E-state index contributed by atoms with van der Waals surface area (Å²) in [7, 11) is 0. The van der Waals surface area contributed by atoms with Crippen LogP contribution in [0.5, 0.6) is 5.75 Å². The molecule has 1 fully saturated rings. The van der Waals surface area contributed by atoms with E-state index in [0.29, 0.717) is 37.9 Å². The van der Waals surface area contributed by atoms with Crippen LogP contribution in [0, 0.1) is 6.92 Å². The summed E-state index contributed by atoms with van der Waals surface area (Å²) in [4.78, 5) is 27.9. The van der Waals surface area contributed by atoms with Crippen LogP contribution in [0.3, 0.4) is 0 Å². The summed E-state index contributed by atoms with van der Waals surface area (Å²) < 4.78 is 11.3. The molecule has 1 aliphatic rings. The summed E-state index contributed by atoms with van der Waals surface area (Å²) in [5.74, 6) is 0.504. The van der Waals surface area contributed by atoms with E-state index in [1.54, 1.807) is 67.1 Å². The molecule has 41 heavy (non-hydrogen) atoms. The molecule has 1 saturated heterocycles. The average Bonchev–Trinajstić information content (AvgIpc) is 3.59. The van der Waals surface area contributed by atoms with Crippen LogP contribution in [0.25, 0.3) is 6.08 Å². The molecule has 1 aliphatic heterocycles. The Hall–Kier alpha value is -4.60. The van der Waals surface area contributed by atoms with Crippen LogP contribution in [-0.4, -0.2) is 34.7 Å². The van der Waals surface area contributed by atoms with Crippen molar-refractivity contribution in [3.05, 3.63) is 124 Å². The second kappa shape index (κ2) is 13.2. The van der Waals surface area contributed by atoms with E-state index in [1.807, 2.05) is 43.3 Å². The molecule has 1 N–H and O–H groups in total. The fraction of sp³-hybridized carbons (Fsp3) is 0.0968. The Morgan fingerprint density at radius 2 is 1.78 bits per heavy atom. The van der Waals surface area contributed by atoms with Gasteiger partial charge in [0.1, 0.15) is 11.5 Å². The van der Waals surface area contributed by atoms with Gasteiger partial charge in [0, 0.05) is 16.3 Å². The molecule has 0 saturated carbocycles. The number of amidine groups is 1. The number of anilines is 1. The lowest BCUT2D eigenvalue weighted by Gasteiger charge is -2.12. The molecule has 3 aromatic carbocycles. The molecule has 0 atom stereocenters. The zero-order chi connectivity index (χ0) is 28.6. The first-order chi connectivity index (χ1) is 20.0. The first-order valence-corrected chi connectivity index (χ1v) is 13.8.